The SMILES string of the molecule is CCCCCCCOc1ccc(-c2ccc(-c3ccc(C)cc3)cn2)cc1. The van der Waals surface area contributed by atoms with E-state index in [4.69, 9.17) is 4.74 Å². The largest absolute Gasteiger partial charge is 0.494 e. The summed E-state index contributed by atoms with van der Waals surface area (Å²) in [6.45, 7) is 5.14. The van der Waals surface area contributed by atoms with E-state index in [1.165, 1.54) is 36.8 Å². The van der Waals surface area contributed by atoms with Gasteiger partial charge in [0.1, 0.15) is 5.75 Å². The standard InChI is InChI=1S/C25H29NO/c1-3-4-5-6-7-18-27-24-15-12-22(13-16-24)25-17-14-23(19-26-25)21-10-8-20(2)9-11-21/h8-17,19H,3-7,18H2,1-2H3. The highest BCUT2D eigenvalue weighted by Gasteiger charge is 2.03. The van der Waals surface area contributed by atoms with Crippen LogP contribution in [-0.4, -0.2) is 11.6 Å². The molecule has 0 fully saturated rings. The molecular weight excluding hydrogens is 330 g/mol. The highest BCUT2D eigenvalue weighted by atomic mass is 16.5. The third-order valence-corrected chi connectivity index (χ3v) is 4.82. The van der Waals surface area contributed by atoms with Crippen molar-refractivity contribution < 1.29 is 4.74 Å². The molecule has 3 aromatic rings. The molecule has 2 heteroatoms. The summed E-state index contributed by atoms with van der Waals surface area (Å²) in [5.41, 5.74) is 5.70. The van der Waals surface area contributed by atoms with Crippen molar-refractivity contribution in [3.8, 4) is 28.1 Å². The van der Waals surface area contributed by atoms with Crippen LogP contribution in [0.15, 0.2) is 66.9 Å². The monoisotopic (exact) mass is 359 g/mol. The molecule has 0 saturated carbocycles. The fraction of sp³-hybridized carbons (Fsp3) is 0.320. The van der Waals surface area contributed by atoms with Crippen LogP contribution in [0.2, 0.25) is 0 Å². The van der Waals surface area contributed by atoms with Crippen LogP contribution in [0, 0.1) is 6.92 Å². The van der Waals surface area contributed by atoms with E-state index < -0.39 is 0 Å². The highest BCUT2D eigenvalue weighted by Crippen LogP contribution is 2.24. The zero-order valence-corrected chi connectivity index (χ0v) is 16.4. The first-order chi connectivity index (χ1) is 13.3. The van der Waals surface area contributed by atoms with Crippen molar-refractivity contribution in [3.63, 3.8) is 0 Å². The molecule has 0 amide bonds. The molecule has 0 unspecified atom stereocenters. The Morgan fingerprint density at radius 3 is 2.04 bits per heavy atom. The number of pyridine rings is 1. The van der Waals surface area contributed by atoms with Gasteiger partial charge in [-0.2, -0.15) is 0 Å². The molecule has 2 aromatic carbocycles. The number of rotatable bonds is 9. The van der Waals surface area contributed by atoms with E-state index in [9.17, 15) is 0 Å². The van der Waals surface area contributed by atoms with E-state index in [0.29, 0.717) is 0 Å². The lowest BCUT2D eigenvalue weighted by Crippen LogP contribution is -1.97. The van der Waals surface area contributed by atoms with Gasteiger partial charge >= 0.3 is 0 Å². The fourth-order valence-corrected chi connectivity index (χ4v) is 3.10. The Bertz CT molecular complexity index is 804. The Balaban J connectivity index is 1.56. The van der Waals surface area contributed by atoms with Crippen LogP contribution in [0.3, 0.4) is 0 Å². The molecule has 3 rings (SSSR count). The quantitative estimate of drug-likeness (QED) is 0.381. The van der Waals surface area contributed by atoms with E-state index in [-0.39, 0.29) is 0 Å². The molecule has 0 N–H and O–H groups in total. The van der Waals surface area contributed by atoms with Gasteiger partial charge in [0, 0.05) is 17.3 Å². The average molecular weight is 360 g/mol. The van der Waals surface area contributed by atoms with Crippen LogP contribution in [-0.2, 0) is 0 Å². The second-order valence-corrected chi connectivity index (χ2v) is 7.09. The van der Waals surface area contributed by atoms with Gasteiger partial charge < -0.3 is 4.74 Å². The zero-order chi connectivity index (χ0) is 18.9. The minimum absolute atomic E-state index is 0.798. The maximum absolute atomic E-state index is 5.84. The van der Waals surface area contributed by atoms with E-state index in [0.717, 1.165) is 35.6 Å². The molecule has 0 aliphatic heterocycles. The zero-order valence-electron chi connectivity index (χ0n) is 16.4. The lowest BCUT2D eigenvalue weighted by Gasteiger charge is -2.08. The minimum Gasteiger partial charge on any atom is -0.494 e. The summed E-state index contributed by atoms with van der Waals surface area (Å²) in [6, 6.07) is 21.0. The Morgan fingerprint density at radius 1 is 0.704 bits per heavy atom. The van der Waals surface area contributed by atoms with Gasteiger partial charge in [-0.25, -0.2) is 0 Å². The molecule has 0 bridgehead atoms. The van der Waals surface area contributed by atoms with Gasteiger partial charge in [-0.3, -0.25) is 4.98 Å². The first-order valence-electron chi connectivity index (χ1n) is 10.0. The maximum atomic E-state index is 5.84. The summed E-state index contributed by atoms with van der Waals surface area (Å²) in [5, 5.41) is 0. The van der Waals surface area contributed by atoms with Crippen LogP contribution >= 0.6 is 0 Å². The topological polar surface area (TPSA) is 22.1 Å². The Labute approximate surface area is 163 Å². The predicted molar refractivity (Wildman–Crippen MR) is 114 cm³/mol. The first kappa shape index (κ1) is 19.2. The third kappa shape index (κ3) is 5.68. The van der Waals surface area contributed by atoms with Crippen LogP contribution < -0.4 is 4.74 Å². The van der Waals surface area contributed by atoms with Crippen molar-refractivity contribution in [1.29, 1.82) is 0 Å². The molecule has 2 nitrogen and oxygen atoms in total. The van der Waals surface area contributed by atoms with Crippen LogP contribution in [0.5, 0.6) is 5.75 Å². The molecule has 0 spiro atoms. The average Bonchev–Trinajstić information content (AvgIpc) is 2.72. The van der Waals surface area contributed by atoms with Crippen LogP contribution in [0.25, 0.3) is 22.4 Å². The lowest BCUT2D eigenvalue weighted by atomic mass is 10.0. The first-order valence-corrected chi connectivity index (χ1v) is 10.0. The highest BCUT2D eigenvalue weighted by molar-refractivity contribution is 5.67. The molecule has 0 saturated heterocycles. The van der Waals surface area contributed by atoms with Gasteiger partial charge in [-0.05, 0) is 49.2 Å². The second-order valence-electron chi connectivity index (χ2n) is 7.09. The molecular formula is C25H29NO. The number of ether oxygens (including phenoxy) is 1. The summed E-state index contributed by atoms with van der Waals surface area (Å²) in [7, 11) is 0. The lowest BCUT2D eigenvalue weighted by molar-refractivity contribution is 0.304. The van der Waals surface area contributed by atoms with E-state index in [2.05, 4.69) is 67.4 Å². The van der Waals surface area contributed by atoms with Crippen molar-refractivity contribution in [3.05, 3.63) is 72.4 Å². The molecule has 0 radical (unpaired) electrons. The number of nitrogens with zero attached hydrogens (tertiary/aromatic N) is 1. The number of hydrogen-bond acceptors (Lipinski definition) is 2. The molecule has 140 valence electrons. The predicted octanol–water partition coefficient (Wildman–Crippen LogP) is 7.07. The summed E-state index contributed by atoms with van der Waals surface area (Å²) in [4.78, 5) is 4.64. The number of hydrogen-bond donors (Lipinski definition) is 0. The number of aromatic nitrogens is 1. The minimum atomic E-state index is 0.798. The van der Waals surface area contributed by atoms with Gasteiger partial charge in [-0.1, -0.05) is 68.5 Å². The van der Waals surface area contributed by atoms with Crippen molar-refractivity contribution in [2.75, 3.05) is 6.61 Å². The maximum Gasteiger partial charge on any atom is 0.119 e. The summed E-state index contributed by atoms with van der Waals surface area (Å²) >= 11 is 0. The van der Waals surface area contributed by atoms with Crippen molar-refractivity contribution in [2.45, 2.75) is 46.0 Å². The molecule has 0 atom stereocenters. The van der Waals surface area contributed by atoms with E-state index in [1.807, 2.05) is 18.3 Å². The second kappa shape index (κ2) is 9.91. The normalized spacial score (nSPS) is 10.7. The fourth-order valence-electron chi connectivity index (χ4n) is 3.10. The summed E-state index contributed by atoms with van der Waals surface area (Å²) < 4.78 is 5.84. The van der Waals surface area contributed by atoms with Gasteiger partial charge in [-0.15, -0.1) is 0 Å². The van der Waals surface area contributed by atoms with Gasteiger partial charge in [0.15, 0.2) is 0 Å². The number of aryl methyl sites for hydroxylation is 1. The molecule has 27 heavy (non-hydrogen) atoms. The van der Waals surface area contributed by atoms with Crippen LogP contribution in [0.1, 0.15) is 44.6 Å². The molecule has 1 aromatic heterocycles. The Hall–Kier alpha value is -2.61. The smallest absolute Gasteiger partial charge is 0.119 e. The number of benzene rings is 2. The van der Waals surface area contributed by atoms with Crippen molar-refractivity contribution in [2.24, 2.45) is 0 Å². The van der Waals surface area contributed by atoms with Crippen molar-refractivity contribution >= 4 is 0 Å². The summed E-state index contributed by atoms with van der Waals surface area (Å²) in [6.07, 6.45) is 8.24. The van der Waals surface area contributed by atoms with E-state index in [1.54, 1.807) is 0 Å². The molecule has 0 aliphatic carbocycles. The molecule has 1 heterocycles. The van der Waals surface area contributed by atoms with E-state index >= 15 is 0 Å². The van der Waals surface area contributed by atoms with Gasteiger partial charge in [0.05, 0.1) is 12.3 Å². The third-order valence-electron chi connectivity index (χ3n) is 4.82. The van der Waals surface area contributed by atoms with Gasteiger partial charge in [0.2, 0.25) is 0 Å². The summed E-state index contributed by atoms with van der Waals surface area (Å²) in [5.74, 6) is 0.936. The Morgan fingerprint density at radius 2 is 1.37 bits per heavy atom. The Kier molecular flexibility index (Phi) is 7.04. The van der Waals surface area contributed by atoms with Gasteiger partial charge in [0.25, 0.3) is 0 Å². The van der Waals surface area contributed by atoms with Crippen LogP contribution in [0.4, 0.5) is 0 Å². The molecule has 0 aliphatic rings. The van der Waals surface area contributed by atoms with Crippen molar-refractivity contribution in [1.82, 2.24) is 4.98 Å². The number of unbranched alkanes of at least 4 members (excludes halogenated alkanes) is 4.